The Kier molecular flexibility index (Phi) is 4.96. The van der Waals surface area contributed by atoms with Gasteiger partial charge in [0.2, 0.25) is 5.95 Å². The van der Waals surface area contributed by atoms with Crippen LogP contribution in [0, 0.1) is 0 Å². The molecule has 0 N–H and O–H groups in total. The monoisotopic (exact) mass is 611 g/mol. The summed E-state index contributed by atoms with van der Waals surface area (Å²) in [6.07, 6.45) is 0. The van der Waals surface area contributed by atoms with Gasteiger partial charge in [-0.1, -0.05) is 121 Å². The van der Waals surface area contributed by atoms with Crippen molar-refractivity contribution in [3.63, 3.8) is 0 Å². The van der Waals surface area contributed by atoms with E-state index < -0.39 is 0 Å². The third kappa shape index (κ3) is 3.65. The van der Waals surface area contributed by atoms with Crippen molar-refractivity contribution in [2.24, 2.45) is 0 Å². The van der Waals surface area contributed by atoms with Crippen LogP contribution in [-0.4, -0.2) is 9.97 Å². The maximum Gasteiger partial charge on any atom is 0.241 e. The molecule has 0 atom stereocenters. The molecule has 0 bridgehead atoms. The molecular weight excluding hydrogens is 587 g/mol. The molecule has 5 heteroatoms. The van der Waals surface area contributed by atoms with Crippen LogP contribution in [0.25, 0.3) is 75.0 Å². The molecule has 0 radical (unpaired) electrons. The first-order valence-electron chi connectivity index (χ1n) is 15.8. The Bertz CT molecular complexity index is 2770. The van der Waals surface area contributed by atoms with Gasteiger partial charge in [-0.05, 0) is 51.7 Å². The predicted molar refractivity (Wildman–Crippen MR) is 193 cm³/mol. The molecule has 10 rings (SSSR count). The van der Waals surface area contributed by atoms with Crippen LogP contribution < -0.4 is 4.31 Å². The molecule has 0 unspecified atom stereocenters. The Hall–Kier alpha value is -5.23. The second-order valence-electron chi connectivity index (χ2n) is 11.2. The fourth-order valence-electron chi connectivity index (χ4n) is 6.81. The SMILES string of the molecule is [2H]c1ccc(-c2nc(N3Sc4ccc5ccccc5c4-c4c3c3sc5ccccc5c3c3ccccc43)nc3ccccc23)c([2H])c1. The van der Waals surface area contributed by atoms with E-state index in [1.165, 1.54) is 52.8 Å². The Morgan fingerprint density at radius 3 is 2.24 bits per heavy atom. The summed E-state index contributed by atoms with van der Waals surface area (Å²) in [6, 6.07) is 44.2. The maximum atomic E-state index is 8.79. The minimum absolute atomic E-state index is 0.272. The van der Waals surface area contributed by atoms with Crippen molar-refractivity contribution < 1.29 is 2.74 Å². The summed E-state index contributed by atoms with van der Waals surface area (Å²) in [7, 11) is 0. The average Bonchev–Trinajstić information content (AvgIpc) is 3.50. The number of fused-ring (bicyclic) bond motifs is 13. The largest absolute Gasteiger partial charge is 0.246 e. The summed E-state index contributed by atoms with van der Waals surface area (Å²) in [4.78, 5) is 11.6. The Labute approximate surface area is 270 Å². The zero-order valence-corrected chi connectivity index (χ0v) is 25.4. The van der Waals surface area contributed by atoms with Crippen molar-refractivity contribution in [3.8, 4) is 22.4 Å². The Morgan fingerprint density at radius 2 is 1.36 bits per heavy atom. The van der Waals surface area contributed by atoms with E-state index in [0.29, 0.717) is 23.2 Å². The zero-order chi connectivity index (χ0) is 31.2. The fourth-order valence-corrected chi connectivity index (χ4v) is 9.19. The lowest BCUT2D eigenvalue weighted by molar-refractivity contribution is 1.17. The molecule has 1 aliphatic heterocycles. The molecule has 1 aliphatic rings. The molecule has 0 spiro atoms. The average molecular weight is 612 g/mol. The van der Waals surface area contributed by atoms with E-state index in [4.69, 9.17) is 12.7 Å². The van der Waals surface area contributed by atoms with E-state index >= 15 is 0 Å². The molecule has 0 saturated carbocycles. The summed E-state index contributed by atoms with van der Waals surface area (Å²) < 4.78 is 21.5. The van der Waals surface area contributed by atoms with Gasteiger partial charge >= 0.3 is 0 Å². The predicted octanol–water partition coefficient (Wildman–Crippen LogP) is 11.8. The minimum Gasteiger partial charge on any atom is -0.246 e. The van der Waals surface area contributed by atoms with Gasteiger partial charge in [-0.15, -0.1) is 11.3 Å². The third-order valence-corrected chi connectivity index (χ3v) is 11.0. The summed E-state index contributed by atoms with van der Waals surface area (Å²) in [5.74, 6) is 0.562. The van der Waals surface area contributed by atoms with Crippen molar-refractivity contribution in [2.45, 2.75) is 4.90 Å². The summed E-state index contributed by atoms with van der Waals surface area (Å²) in [6.45, 7) is 0. The number of aromatic nitrogens is 2. The fraction of sp³-hybridized carbons (Fsp3) is 0. The van der Waals surface area contributed by atoms with Crippen molar-refractivity contribution >= 4 is 87.5 Å². The summed E-state index contributed by atoms with van der Waals surface area (Å²) in [5, 5.41) is 8.22. The lowest BCUT2D eigenvalue weighted by Crippen LogP contribution is -2.16. The van der Waals surface area contributed by atoms with Crippen LogP contribution in [0.3, 0.4) is 0 Å². The summed E-state index contributed by atoms with van der Waals surface area (Å²) >= 11 is 3.47. The van der Waals surface area contributed by atoms with Crippen LogP contribution in [0.15, 0.2) is 144 Å². The smallest absolute Gasteiger partial charge is 0.241 e. The van der Waals surface area contributed by atoms with Crippen LogP contribution in [0.5, 0.6) is 0 Å². The number of hydrogen-bond donors (Lipinski definition) is 0. The molecule has 9 aromatic rings. The van der Waals surface area contributed by atoms with Gasteiger partial charge in [0.1, 0.15) is 0 Å². The van der Waals surface area contributed by atoms with Crippen LogP contribution >= 0.6 is 23.3 Å². The molecular formula is C40H23N3S2. The highest BCUT2D eigenvalue weighted by Crippen LogP contribution is 2.59. The third-order valence-electron chi connectivity index (χ3n) is 8.73. The van der Waals surface area contributed by atoms with Crippen molar-refractivity contribution in [3.05, 3.63) is 139 Å². The lowest BCUT2D eigenvalue weighted by atomic mass is 9.90. The van der Waals surface area contributed by atoms with Crippen LogP contribution in [0.2, 0.25) is 0 Å². The molecule has 0 saturated heterocycles. The first-order valence-corrected chi connectivity index (χ1v) is 16.4. The summed E-state index contributed by atoms with van der Waals surface area (Å²) in [5.41, 5.74) is 5.68. The first kappa shape index (κ1) is 23.2. The molecule has 3 heterocycles. The number of benzene rings is 7. The highest BCUT2D eigenvalue weighted by Gasteiger charge is 2.33. The second kappa shape index (κ2) is 9.63. The number of rotatable bonds is 2. The van der Waals surface area contributed by atoms with Gasteiger partial charge in [0.05, 0.1) is 24.3 Å². The van der Waals surface area contributed by atoms with Crippen molar-refractivity contribution in [1.29, 1.82) is 0 Å². The quantitative estimate of drug-likeness (QED) is 0.182. The number of thiophene rings is 1. The molecule has 2 aromatic heterocycles. The second-order valence-corrected chi connectivity index (χ2v) is 13.2. The van der Waals surface area contributed by atoms with E-state index in [1.807, 2.05) is 41.7 Å². The molecule has 45 heavy (non-hydrogen) atoms. The van der Waals surface area contributed by atoms with Crippen molar-refractivity contribution in [2.75, 3.05) is 4.31 Å². The topological polar surface area (TPSA) is 29.0 Å². The molecule has 7 aromatic carbocycles. The highest BCUT2D eigenvalue weighted by atomic mass is 32.2. The molecule has 0 fully saturated rings. The van der Waals surface area contributed by atoms with E-state index in [2.05, 4.69) is 89.2 Å². The van der Waals surface area contributed by atoms with Gasteiger partial charge in [-0.2, -0.15) is 0 Å². The number of para-hydroxylation sites is 1. The normalized spacial score (nSPS) is 13.4. The molecule has 0 amide bonds. The van der Waals surface area contributed by atoms with Gasteiger partial charge in [-0.25, -0.2) is 14.3 Å². The van der Waals surface area contributed by atoms with Gasteiger partial charge in [0.15, 0.2) is 0 Å². The first-order chi connectivity index (χ1) is 23.1. The standard InChI is InChI=1S/C40H23N3S2/c1-2-13-25(14-3-1)37-29-18-8-10-20-31(29)41-40(42-37)43-38-36(35-26-15-5-4-12-24(26)22-23-33(35)45-43)28-17-7-6-16-27(28)34-30-19-9-11-21-32(30)44-39(34)38/h1-23H/i1D,13D. The molecule has 0 aliphatic carbocycles. The zero-order valence-electron chi connectivity index (χ0n) is 25.8. The van der Waals surface area contributed by atoms with Gasteiger partial charge < -0.3 is 0 Å². The van der Waals surface area contributed by atoms with E-state index in [9.17, 15) is 0 Å². The minimum atomic E-state index is 0.272. The van der Waals surface area contributed by atoms with Gasteiger partial charge in [0.25, 0.3) is 0 Å². The number of anilines is 2. The van der Waals surface area contributed by atoms with E-state index in [-0.39, 0.29) is 6.04 Å². The highest BCUT2D eigenvalue weighted by molar-refractivity contribution is 8.01. The van der Waals surface area contributed by atoms with Gasteiger partial charge in [0, 0.05) is 42.4 Å². The number of hydrogen-bond acceptors (Lipinski definition) is 5. The van der Waals surface area contributed by atoms with E-state index in [1.54, 1.807) is 24.1 Å². The van der Waals surface area contributed by atoms with Crippen molar-refractivity contribution in [1.82, 2.24) is 9.97 Å². The van der Waals surface area contributed by atoms with E-state index in [0.717, 1.165) is 21.5 Å². The Morgan fingerprint density at radius 1 is 0.600 bits per heavy atom. The van der Waals surface area contributed by atoms with Crippen LogP contribution in [-0.2, 0) is 0 Å². The molecule has 210 valence electrons. The molecule has 3 nitrogen and oxygen atoms in total. The number of nitrogens with zero attached hydrogens (tertiary/aromatic N) is 3. The van der Waals surface area contributed by atoms with Crippen LogP contribution in [0.1, 0.15) is 2.74 Å². The Balaban J connectivity index is 1.37. The lowest BCUT2D eigenvalue weighted by Gasteiger charge is -2.32. The van der Waals surface area contributed by atoms with Crippen LogP contribution in [0.4, 0.5) is 11.6 Å². The van der Waals surface area contributed by atoms with Gasteiger partial charge in [-0.3, -0.25) is 0 Å². The maximum absolute atomic E-state index is 8.79.